The SMILES string of the molecule is CC(C)C1CCN(c2cccc(F)c2N)C1. The van der Waals surface area contributed by atoms with Gasteiger partial charge in [-0.25, -0.2) is 4.39 Å². The summed E-state index contributed by atoms with van der Waals surface area (Å²) in [4.78, 5) is 2.20. The van der Waals surface area contributed by atoms with Gasteiger partial charge in [-0.3, -0.25) is 0 Å². The monoisotopic (exact) mass is 222 g/mol. The van der Waals surface area contributed by atoms with Gasteiger partial charge in [0.25, 0.3) is 0 Å². The van der Waals surface area contributed by atoms with Crippen LogP contribution in [0.1, 0.15) is 20.3 Å². The molecule has 0 amide bonds. The molecule has 1 aliphatic heterocycles. The molecule has 2 rings (SSSR count). The second kappa shape index (κ2) is 4.32. The minimum absolute atomic E-state index is 0.284. The molecule has 0 bridgehead atoms. The Bertz CT molecular complexity index is 376. The summed E-state index contributed by atoms with van der Waals surface area (Å²) >= 11 is 0. The zero-order chi connectivity index (χ0) is 11.7. The fourth-order valence-electron chi connectivity index (χ4n) is 2.35. The normalized spacial score (nSPS) is 20.8. The van der Waals surface area contributed by atoms with Gasteiger partial charge in [0.15, 0.2) is 0 Å². The van der Waals surface area contributed by atoms with Crippen LogP contribution in [0.2, 0.25) is 0 Å². The van der Waals surface area contributed by atoms with E-state index >= 15 is 0 Å². The minimum atomic E-state index is -0.314. The number of hydrogen-bond donors (Lipinski definition) is 1. The number of nitrogen functional groups attached to an aromatic ring is 1. The highest BCUT2D eigenvalue weighted by atomic mass is 19.1. The zero-order valence-corrected chi connectivity index (χ0v) is 9.91. The lowest BCUT2D eigenvalue weighted by Gasteiger charge is -2.21. The predicted octanol–water partition coefficient (Wildman–Crippen LogP) is 2.89. The van der Waals surface area contributed by atoms with Gasteiger partial charge < -0.3 is 10.6 Å². The van der Waals surface area contributed by atoms with E-state index in [4.69, 9.17) is 5.73 Å². The number of rotatable bonds is 2. The summed E-state index contributed by atoms with van der Waals surface area (Å²) in [6.45, 7) is 6.45. The van der Waals surface area contributed by atoms with Crippen LogP contribution in [-0.2, 0) is 0 Å². The van der Waals surface area contributed by atoms with E-state index < -0.39 is 0 Å². The lowest BCUT2D eigenvalue weighted by Crippen LogP contribution is -2.22. The second-order valence-electron chi connectivity index (χ2n) is 4.91. The standard InChI is InChI=1S/C13H19FN2/c1-9(2)10-6-7-16(8-10)12-5-3-4-11(14)13(12)15/h3-5,9-10H,6-8,15H2,1-2H3. The highest BCUT2D eigenvalue weighted by Gasteiger charge is 2.26. The molecular weight excluding hydrogens is 203 g/mol. The third-order valence-electron chi connectivity index (χ3n) is 3.54. The van der Waals surface area contributed by atoms with Crippen molar-refractivity contribution in [2.24, 2.45) is 11.8 Å². The molecule has 1 aromatic rings. The maximum absolute atomic E-state index is 13.3. The first-order chi connectivity index (χ1) is 7.59. The fourth-order valence-corrected chi connectivity index (χ4v) is 2.35. The van der Waals surface area contributed by atoms with Crippen molar-refractivity contribution in [3.05, 3.63) is 24.0 Å². The summed E-state index contributed by atoms with van der Waals surface area (Å²) in [6.07, 6.45) is 1.17. The Hall–Kier alpha value is -1.25. The molecule has 2 nitrogen and oxygen atoms in total. The Morgan fingerprint density at radius 2 is 2.19 bits per heavy atom. The molecule has 0 radical (unpaired) electrons. The van der Waals surface area contributed by atoms with Crippen molar-refractivity contribution in [2.45, 2.75) is 20.3 Å². The summed E-state index contributed by atoms with van der Waals surface area (Å²) in [5.41, 5.74) is 6.90. The van der Waals surface area contributed by atoms with E-state index in [1.54, 1.807) is 6.07 Å². The van der Waals surface area contributed by atoms with Gasteiger partial charge in [-0.05, 0) is 30.4 Å². The number of nitrogens with two attached hydrogens (primary N) is 1. The van der Waals surface area contributed by atoms with Crippen molar-refractivity contribution < 1.29 is 4.39 Å². The van der Waals surface area contributed by atoms with Crippen molar-refractivity contribution in [1.82, 2.24) is 0 Å². The molecule has 1 heterocycles. The van der Waals surface area contributed by atoms with Crippen molar-refractivity contribution >= 4 is 11.4 Å². The van der Waals surface area contributed by atoms with Crippen LogP contribution in [0.25, 0.3) is 0 Å². The van der Waals surface area contributed by atoms with Gasteiger partial charge in [-0.15, -0.1) is 0 Å². The Kier molecular flexibility index (Phi) is 3.03. The first-order valence-corrected chi connectivity index (χ1v) is 5.88. The predicted molar refractivity (Wildman–Crippen MR) is 66.0 cm³/mol. The molecular formula is C13H19FN2. The minimum Gasteiger partial charge on any atom is -0.395 e. The summed E-state index contributed by atoms with van der Waals surface area (Å²) in [6, 6.07) is 5.04. The summed E-state index contributed by atoms with van der Waals surface area (Å²) in [5.74, 6) is 1.06. The Morgan fingerprint density at radius 1 is 1.44 bits per heavy atom. The smallest absolute Gasteiger partial charge is 0.148 e. The van der Waals surface area contributed by atoms with E-state index in [2.05, 4.69) is 18.7 Å². The molecule has 0 aromatic heterocycles. The molecule has 1 fully saturated rings. The lowest BCUT2D eigenvalue weighted by molar-refractivity contribution is 0.423. The van der Waals surface area contributed by atoms with Crippen molar-refractivity contribution in [3.8, 4) is 0 Å². The summed E-state index contributed by atoms with van der Waals surface area (Å²) < 4.78 is 13.3. The van der Waals surface area contributed by atoms with Crippen LogP contribution in [0.4, 0.5) is 15.8 Å². The molecule has 0 spiro atoms. The highest BCUT2D eigenvalue weighted by molar-refractivity contribution is 5.68. The van der Waals surface area contributed by atoms with Crippen LogP contribution >= 0.6 is 0 Å². The van der Waals surface area contributed by atoms with Gasteiger partial charge in [-0.2, -0.15) is 0 Å². The molecule has 1 unspecified atom stereocenters. The number of para-hydroxylation sites is 1. The van der Waals surface area contributed by atoms with Crippen LogP contribution in [-0.4, -0.2) is 13.1 Å². The van der Waals surface area contributed by atoms with Crippen molar-refractivity contribution in [2.75, 3.05) is 23.7 Å². The Morgan fingerprint density at radius 3 is 2.81 bits per heavy atom. The van der Waals surface area contributed by atoms with Gasteiger partial charge >= 0.3 is 0 Å². The molecule has 1 saturated heterocycles. The van der Waals surface area contributed by atoms with E-state index in [9.17, 15) is 4.39 Å². The highest BCUT2D eigenvalue weighted by Crippen LogP contribution is 2.32. The van der Waals surface area contributed by atoms with Gasteiger partial charge in [-0.1, -0.05) is 19.9 Å². The number of anilines is 2. The Labute approximate surface area is 96.2 Å². The van der Waals surface area contributed by atoms with Gasteiger partial charge in [0.2, 0.25) is 0 Å². The van der Waals surface area contributed by atoms with Crippen molar-refractivity contribution in [1.29, 1.82) is 0 Å². The van der Waals surface area contributed by atoms with E-state index in [0.717, 1.165) is 18.8 Å². The average Bonchev–Trinajstić information content (AvgIpc) is 2.71. The van der Waals surface area contributed by atoms with Crippen LogP contribution in [0.5, 0.6) is 0 Å². The molecule has 0 saturated carbocycles. The van der Waals surface area contributed by atoms with Crippen LogP contribution in [0.3, 0.4) is 0 Å². The average molecular weight is 222 g/mol. The van der Waals surface area contributed by atoms with Gasteiger partial charge in [0.05, 0.1) is 11.4 Å². The Balaban J connectivity index is 2.17. The maximum Gasteiger partial charge on any atom is 0.148 e. The van der Waals surface area contributed by atoms with E-state index in [0.29, 0.717) is 11.8 Å². The molecule has 16 heavy (non-hydrogen) atoms. The first-order valence-electron chi connectivity index (χ1n) is 5.88. The zero-order valence-electron chi connectivity index (χ0n) is 9.91. The van der Waals surface area contributed by atoms with Crippen LogP contribution < -0.4 is 10.6 Å². The summed E-state index contributed by atoms with van der Waals surface area (Å²) in [5, 5.41) is 0. The quantitative estimate of drug-likeness (QED) is 0.780. The second-order valence-corrected chi connectivity index (χ2v) is 4.91. The van der Waals surface area contributed by atoms with E-state index in [-0.39, 0.29) is 11.5 Å². The van der Waals surface area contributed by atoms with Gasteiger partial charge in [0.1, 0.15) is 5.82 Å². The first kappa shape index (κ1) is 11.2. The molecule has 1 aliphatic rings. The maximum atomic E-state index is 13.3. The third kappa shape index (κ3) is 1.99. The molecule has 3 heteroatoms. The van der Waals surface area contributed by atoms with E-state index in [1.165, 1.54) is 12.5 Å². The lowest BCUT2D eigenvalue weighted by atomic mass is 9.95. The largest absolute Gasteiger partial charge is 0.395 e. The van der Waals surface area contributed by atoms with Crippen LogP contribution in [0, 0.1) is 17.7 Å². The number of nitrogens with zero attached hydrogens (tertiary/aromatic N) is 1. The number of halogens is 1. The molecule has 1 atom stereocenters. The summed E-state index contributed by atoms with van der Waals surface area (Å²) in [7, 11) is 0. The molecule has 0 aliphatic carbocycles. The van der Waals surface area contributed by atoms with Crippen molar-refractivity contribution in [3.63, 3.8) is 0 Å². The molecule has 1 aromatic carbocycles. The molecule has 88 valence electrons. The fraction of sp³-hybridized carbons (Fsp3) is 0.538. The topological polar surface area (TPSA) is 29.3 Å². The third-order valence-corrected chi connectivity index (χ3v) is 3.54. The van der Waals surface area contributed by atoms with Crippen LogP contribution in [0.15, 0.2) is 18.2 Å². The number of benzene rings is 1. The molecule has 2 N–H and O–H groups in total. The van der Waals surface area contributed by atoms with E-state index in [1.807, 2.05) is 6.07 Å². The van der Waals surface area contributed by atoms with Gasteiger partial charge in [0, 0.05) is 13.1 Å². The number of hydrogen-bond acceptors (Lipinski definition) is 2.